The minimum absolute atomic E-state index is 0.551. The van der Waals surface area contributed by atoms with Crippen LogP contribution in [-0.2, 0) is 6.42 Å². The highest BCUT2D eigenvalue weighted by molar-refractivity contribution is 5.90. The molecule has 0 aliphatic heterocycles. The van der Waals surface area contributed by atoms with E-state index < -0.39 is 0 Å². The molecule has 0 spiro atoms. The molecule has 0 saturated heterocycles. The van der Waals surface area contributed by atoms with Crippen LogP contribution < -0.4 is 5.73 Å². The van der Waals surface area contributed by atoms with Gasteiger partial charge in [-0.25, -0.2) is 0 Å². The van der Waals surface area contributed by atoms with E-state index in [4.69, 9.17) is 5.73 Å². The lowest BCUT2D eigenvalue weighted by molar-refractivity contribution is 1.11. The summed E-state index contributed by atoms with van der Waals surface area (Å²) in [6.07, 6.45) is 0.831. The van der Waals surface area contributed by atoms with Crippen molar-refractivity contribution in [2.75, 3.05) is 5.73 Å². The first-order valence-electron chi connectivity index (χ1n) is 6.93. The first-order valence-corrected chi connectivity index (χ1v) is 6.93. The van der Waals surface area contributed by atoms with E-state index in [-0.39, 0.29) is 0 Å². The van der Waals surface area contributed by atoms with E-state index in [0.717, 1.165) is 17.3 Å². The number of H-pyrrole nitrogens is 1. The van der Waals surface area contributed by atoms with Crippen molar-refractivity contribution in [3.8, 4) is 0 Å². The molecule has 3 nitrogen and oxygen atoms in total. The second-order valence-corrected chi connectivity index (χ2v) is 4.88. The Hall–Kier alpha value is -2.81. The van der Waals surface area contributed by atoms with Gasteiger partial charge in [-0.05, 0) is 23.6 Å². The molecule has 3 N–H and O–H groups in total. The molecule has 3 aromatic rings. The second-order valence-electron chi connectivity index (χ2n) is 4.88. The summed E-state index contributed by atoms with van der Waals surface area (Å²) in [5, 5.41) is 8.10. The van der Waals surface area contributed by atoms with Crippen LogP contribution in [0.25, 0.3) is 10.9 Å². The molecule has 0 saturated carbocycles. The third-order valence-electron chi connectivity index (χ3n) is 3.40. The number of para-hydroxylation sites is 1. The molecule has 1 aromatic heterocycles. The van der Waals surface area contributed by atoms with Gasteiger partial charge in [-0.15, -0.1) is 0 Å². The Morgan fingerprint density at radius 3 is 2.19 bits per heavy atom. The Kier molecular flexibility index (Phi) is 3.83. The van der Waals surface area contributed by atoms with Gasteiger partial charge >= 0.3 is 0 Å². The lowest BCUT2D eigenvalue weighted by Gasteiger charge is -2.02. The van der Waals surface area contributed by atoms with Crippen molar-refractivity contribution in [3.63, 3.8) is 0 Å². The molecule has 0 aliphatic rings. The molecule has 3 rings (SSSR count). The number of hydrogen-bond acceptors (Lipinski definition) is 2. The quantitative estimate of drug-likeness (QED) is 0.746. The number of rotatable bonds is 2. The normalized spacial score (nSPS) is 10.3. The number of nitrogens with one attached hydrogen (secondary N) is 1. The van der Waals surface area contributed by atoms with E-state index >= 15 is 0 Å². The number of nitrogens with zero attached hydrogens (tertiary/aromatic N) is 1. The van der Waals surface area contributed by atoms with Crippen LogP contribution in [0.1, 0.15) is 11.1 Å². The van der Waals surface area contributed by atoms with Crippen LogP contribution in [0.2, 0.25) is 0 Å². The third kappa shape index (κ3) is 3.03. The Balaban J connectivity index is 2.03. The van der Waals surface area contributed by atoms with Gasteiger partial charge in [0.25, 0.3) is 0 Å². The van der Waals surface area contributed by atoms with E-state index in [2.05, 4.69) is 40.5 Å². The molecular formula is C18H17N3. The van der Waals surface area contributed by atoms with Crippen molar-refractivity contribution >= 4 is 16.7 Å². The van der Waals surface area contributed by atoms with Gasteiger partial charge in [0.1, 0.15) is 0 Å². The lowest BCUT2D eigenvalue weighted by atomic mass is 10.0. The fourth-order valence-corrected chi connectivity index (χ4v) is 2.34. The SMILES string of the molecule is Nc1n[nH]c2c(Cc3ccccccccc3)cccc12. The first kappa shape index (κ1) is 13.2. The summed E-state index contributed by atoms with van der Waals surface area (Å²) in [7, 11) is 0. The van der Waals surface area contributed by atoms with Crippen molar-refractivity contribution in [1.29, 1.82) is 0 Å². The molecule has 21 heavy (non-hydrogen) atoms. The van der Waals surface area contributed by atoms with Gasteiger partial charge in [-0.1, -0.05) is 66.7 Å². The van der Waals surface area contributed by atoms with E-state index in [1.54, 1.807) is 0 Å². The van der Waals surface area contributed by atoms with Gasteiger partial charge in [-0.3, -0.25) is 5.10 Å². The minimum Gasteiger partial charge on any atom is -0.382 e. The van der Waals surface area contributed by atoms with Crippen molar-refractivity contribution < 1.29 is 0 Å². The molecule has 104 valence electrons. The average molecular weight is 275 g/mol. The summed E-state index contributed by atoms with van der Waals surface area (Å²) >= 11 is 0. The fraction of sp³-hybridized carbons (Fsp3) is 0.0556. The number of benzene rings is 1. The smallest absolute Gasteiger partial charge is 0.153 e. The van der Waals surface area contributed by atoms with Crippen LogP contribution in [0.15, 0.2) is 72.8 Å². The second kappa shape index (κ2) is 6.09. The van der Waals surface area contributed by atoms with Crippen molar-refractivity contribution in [3.05, 3.63) is 83.9 Å². The van der Waals surface area contributed by atoms with Crippen molar-refractivity contribution in [2.24, 2.45) is 0 Å². The first-order chi connectivity index (χ1) is 10.3. The number of anilines is 1. The number of aromatic nitrogens is 2. The van der Waals surface area contributed by atoms with Crippen LogP contribution in [0, 0.1) is 0 Å². The molecule has 0 unspecified atom stereocenters. The molecule has 0 aliphatic carbocycles. The maximum absolute atomic E-state index is 5.86. The summed E-state index contributed by atoms with van der Waals surface area (Å²) in [4.78, 5) is 0. The maximum Gasteiger partial charge on any atom is 0.153 e. The molecular weight excluding hydrogens is 258 g/mol. The molecule has 1 heterocycles. The molecule has 0 atom stereocenters. The summed E-state index contributed by atoms with van der Waals surface area (Å²) in [5.41, 5.74) is 9.30. The Labute approximate surface area is 123 Å². The van der Waals surface area contributed by atoms with Crippen LogP contribution in [0.5, 0.6) is 0 Å². The largest absolute Gasteiger partial charge is 0.382 e. The summed E-state index contributed by atoms with van der Waals surface area (Å²) in [6.45, 7) is 0. The van der Waals surface area contributed by atoms with E-state index in [1.165, 1.54) is 11.1 Å². The topological polar surface area (TPSA) is 54.7 Å². The van der Waals surface area contributed by atoms with Gasteiger partial charge in [0.15, 0.2) is 5.82 Å². The monoisotopic (exact) mass is 275 g/mol. The summed E-state index contributed by atoms with van der Waals surface area (Å²) in [6, 6.07) is 24.6. The predicted molar refractivity (Wildman–Crippen MR) is 87.4 cm³/mol. The predicted octanol–water partition coefficient (Wildman–Crippen LogP) is 3.86. The molecule has 0 bridgehead atoms. The number of fused-ring (bicyclic) bond motifs is 1. The zero-order chi connectivity index (χ0) is 14.5. The Morgan fingerprint density at radius 1 is 0.810 bits per heavy atom. The Morgan fingerprint density at radius 2 is 1.48 bits per heavy atom. The number of nitrogens with two attached hydrogens (primary N) is 1. The highest BCUT2D eigenvalue weighted by Gasteiger charge is 2.06. The zero-order valence-electron chi connectivity index (χ0n) is 11.7. The van der Waals surface area contributed by atoms with E-state index in [1.807, 2.05) is 42.5 Å². The van der Waals surface area contributed by atoms with Gasteiger partial charge in [0.05, 0.1) is 5.52 Å². The lowest BCUT2D eigenvalue weighted by Crippen LogP contribution is -1.89. The number of aromatic amines is 1. The highest BCUT2D eigenvalue weighted by atomic mass is 15.1. The van der Waals surface area contributed by atoms with Gasteiger partial charge < -0.3 is 5.73 Å². The Bertz CT molecular complexity index is 779. The molecule has 2 aromatic carbocycles. The van der Waals surface area contributed by atoms with Crippen LogP contribution in [0.4, 0.5) is 5.82 Å². The van der Waals surface area contributed by atoms with Crippen molar-refractivity contribution in [1.82, 2.24) is 10.2 Å². The number of nitrogen functional groups attached to an aromatic ring is 1. The molecule has 3 heteroatoms. The molecule has 0 amide bonds. The van der Waals surface area contributed by atoms with E-state index in [0.29, 0.717) is 5.82 Å². The minimum atomic E-state index is 0.551. The van der Waals surface area contributed by atoms with Crippen LogP contribution in [-0.4, -0.2) is 10.2 Å². The van der Waals surface area contributed by atoms with Crippen LogP contribution in [0.3, 0.4) is 0 Å². The van der Waals surface area contributed by atoms with Crippen LogP contribution >= 0.6 is 0 Å². The third-order valence-corrected chi connectivity index (χ3v) is 3.40. The fourth-order valence-electron chi connectivity index (χ4n) is 2.34. The molecule has 0 fully saturated rings. The maximum atomic E-state index is 5.86. The van der Waals surface area contributed by atoms with Gasteiger partial charge in [-0.2, -0.15) is 5.10 Å². The number of hydrogen-bond donors (Lipinski definition) is 2. The van der Waals surface area contributed by atoms with E-state index in [9.17, 15) is 0 Å². The highest BCUT2D eigenvalue weighted by Crippen LogP contribution is 2.22. The zero-order valence-corrected chi connectivity index (χ0v) is 11.7. The average Bonchev–Trinajstić information content (AvgIpc) is 2.89. The standard InChI is InChI=1S/C18H17N3/c19-18-16-12-8-11-15(17(16)20-21-18)13-14-9-6-4-2-1-3-5-7-10-14/h1-12H,13H2,(H3,19,20,21). The summed E-state index contributed by atoms with van der Waals surface area (Å²) in [5.74, 6) is 0.551. The van der Waals surface area contributed by atoms with Gasteiger partial charge in [0.2, 0.25) is 0 Å². The van der Waals surface area contributed by atoms with Crippen molar-refractivity contribution in [2.45, 2.75) is 6.42 Å². The van der Waals surface area contributed by atoms with Gasteiger partial charge in [0, 0.05) is 5.39 Å². The molecule has 0 radical (unpaired) electrons. The summed E-state index contributed by atoms with van der Waals surface area (Å²) < 4.78 is 0.